The highest BCUT2D eigenvalue weighted by atomic mass is 16.5. The Hall–Kier alpha value is -1.90. The van der Waals surface area contributed by atoms with E-state index < -0.39 is 0 Å². The van der Waals surface area contributed by atoms with E-state index in [1.54, 1.807) is 0 Å². The third-order valence-corrected chi connectivity index (χ3v) is 5.67. The van der Waals surface area contributed by atoms with Crippen LogP contribution in [0.5, 0.6) is 5.88 Å². The van der Waals surface area contributed by atoms with E-state index in [1.165, 1.54) is 69.8 Å². The normalized spacial score (nSPS) is 12.1. The Morgan fingerprint density at radius 1 is 0.759 bits per heavy atom. The van der Waals surface area contributed by atoms with Gasteiger partial charge in [-0.3, -0.25) is 0 Å². The average molecular weight is 397 g/mol. The molecule has 0 amide bonds. The fraction of sp³-hybridized carbons (Fsp3) is 0.615. The largest absolute Gasteiger partial charge is 0.476 e. The van der Waals surface area contributed by atoms with Gasteiger partial charge >= 0.3 is 0 Å². The van der Waals surface area contributed by atoms with Gasteiger partial charge in [0.2, 0.25) is 5.88 Å². The van der Waals surface area contributed by atoms with Gasteiger partial charge in [-0.15, -0.1) is 10.2 Å². The van der Waals surface area contributed by atoms with Gasteiger partial charge in [0.15, 0.2) is 0 Å². The van der Waals surface area contributed by atoms with E-state index in [2.05, 4.69) is 55.2 Å². The van der Waals surface area contributed by atoms with Crippen molar-refractivity contribution in [3.63, 3.8) is 0 Å². The molecular formula is C26H40N2O. The maximum absolute atomic E-state index is 5.69. The van der Waals surface area contributed by atoms with Crippen molar-refractivity contribution >= 4 is 0 Å². The molecule has 3 nitrogen and oxygen atoms in total. The van der Waals surface area contributed by atoms with Crippen LogP contribution in [0.25, 0.3) is 11.3 Å². The lowest BCUT2D eigenvalue weighted by Crippen LogP contribution is -2.08. The molecule has 2 rings (SSSR count). The van der Waals surface area contributed by atoms with Crippen LogP contribution in [0.3, 0.4) is 0 Å². The zero-order chi connectivity index (χ0) is 20.7. The van der Waals surface area contributed by atoms with E-state index in [0.717, 1.165) is 17.7 Å². The minimum absolute atomic E-state index is 0.537. The van der Waals surface area contributed by atoms with E-state index in [0.29, 0.717) is 18.4 Å². The second-order valence-electron chi connectivity index (χ2n) is 8.36. The van der Waals surface area contributed by atoms with Crippen LogP contribution in [0.2, 0.25) is 0 Å². The number of aryl methyl sites for hydroxylation is 1. The highest BCUT2D eigenvalue weighted by Crippen LogP contribution is 2.20. The zero-order valence-corrected chi connectivity index (χ0v) is 18.8. The molecule has 3 heteroatoms. The summed E-state index contributed by atoms with van der Waals surface area (Å²) in [7, 11) is 0. The summed E-state index contributed by atoms with van der Waals surface area (Å²) in [5.74, 6) is 1.14. The maximum Gasteiger partial charge on any atom is 0.233 e. The van der Waals surface area contributed by atoms with E-state index in [1.807, 2.05) is 12.1 Å². The molecule has 160 valence electrons. The van der Waals surface area contributed by atoms with Crippen LogP contribution < -0.4 is 4.74 Å². The molecule has 0 spiro atoms. The molecule has 1 atom stereocenters. The molecule has 1 aromatic heterocycles. The summed E-state index contributed by atoms with van der Waals surface area (Å²) >= 11 is 0. The van der Waals surface area contributed by atoms with Crippen LogP contribution in [0.4, 0.5) is 0 Å². The molecule has 0 saturated carbocycles. The Kier molecular flexibility index (Phi) is 11.4. The molecule has 0 fully saturated rings. The van der Waals surface area contributed by atoms with Crippen LogP contribution in [-0.4, -0.2) is 16.8 Å². The number of aromatic nitrogens is 2. The topological polar surface area (TPSA) is 35.0 Å². The first-order valence-electron chi connectivity index (χ1n) is 11.8. The maximum atomic E-state index is 5.69. The highest BCUT2D eigenvalue weighted by molar-refractivity contribution is 5.58. The Bertz CT molecular complexity index is 651. The predicted molar refractivity (Wildman–Crippen MR) is 123 cm³/mol. The second-order valence-corrected chi connectivity index (χ2v) is 8.36. The van der Waals surface area contributed by atoms with Crippen molar-refractivity contribution in [3.05, 3.63) is 42.0 Å². The molecule has 0 bridgehead atoms. The lowest BCUT2D eigenvalue weighted by atomic mass is 10.0. The SMILES string of the molecule is CCCCCCCCCCCc1ccc(-c2ccc(OCC(C)CC)nn2)cc1. The number of rotatable bonds is 15. The van der Waals surface area contributed by atoms with Gasteiger partial charge in [0.05, 0.1) is 12.3 Å². The first kappa shape index (κ1) is 23.4. The minimum Gasteiger partial charge on any atom is -0.476 e. The lowest BCUT2D eigenvalue weighted by molar-refractivity contribution is 0.245. The van der Waals surface area contributed by atoms with Crippen molar-refractivity contribution in [2.75, 3.05) is 6.61 Å². The minimum atomic E-state index is 0.537. The molecule has 0 aliphatic rings. The van der Waals surface area contributed by atoms with E-state index in [4.69, 9.17) is 4.74 Å². The third-order valence-electron chi connectivity index (χ3n) is 5.67. The van der Waals surface area contributed by atoms with Gasteiger partial charge in [0, 0.05) is 11.6 Å². The standard InChI is InChI=1S/C26H40N2O/c1-4-6-7-8-9-10-11-12-13-14-23-15-17-24(18-16-23)25-19-20-26(28-27-25)29-21-22(3)5-2/h15-20,22H,4-14,21H2,1-3H3. The van der Waals surface area contributed by atoms with Gasteiger partial charge in [-0.2, -0.15) is 0 Å². The first-order chi connectivity index (χ1) is 14.2. The van der Waals surface area contributed by atoms with Crippen molar-refractivity contribution in [2.24, 2.45) is 5.92 Å². The molecule has 1 aromatic carbocycles. The molecule has 0 radical (unpaired) electrons. The monoisotopic (exact) mass is 396 g/mol. The third kappa shape index (κ3) is 9.43. The van der Waals surface area contributed by atoms with Crippen LogP contribution >= 0.6 is 0 Å². The second kappa shape index (κ2) is 14.1. The van der Waals surface area contributed by atoms with Crippen molar-refractivity contribution in [3.8, 4) is 17.1 Å². The van der Waals surface area contributed by atoms with Crippen molar-refractivity contribution in [2.45, 2.75) is 91.4 Å². The molecule has 2 aromatic rings. The summed E-state index contributed by atoms with van der Waals surface area (Å²) < 4.78 is 5.69. The van der Waals surface area contributed by atoms with Crippen molar-refractivity contribution in [1.82, 2.24) is 10.2 Å². The Morgan fingerprint density at radius 2 is 1.41 bits per heavy atom. The van der Waals surface area contributed by atoms with E-state index in [9.17, 15) is 0 Å². The number of ether oxygens (including phenoxy) is 1. The van der Waals surface area contributed by atoms with Crippen LogP contribution in [0, 0.1) is 5.92 Å². The zero-order valence-electron chi connectivity index (χ0n) is 18.8. The molecule has 0 aliphatic heterocycles. The number of benzene rings is 1. The van der Waals surface area contributed by atoms with Gasteiger partial charge in [0.25, 0.3) is 0 Å². The van der Waals surface area contributed by atoms with Crippen molar-refractivity contribution < 1.29 is 4.74 Å². The first-order valence-corrected chi connectivity index (χ1v) is 11.8. The van der Waals surface area contributed by atoms with E-state index >= 15 is 0 Å². The summed E-state index contributed by atoms with van der Waals surface area (Å²) in [6.45, 7) is 7.32. The molecule has 29 heavy (non-hydrogen) atoms. The van der Waals surface area contributed by atoms with E-state index in [-0.39, 0.29) is 0 Å². The Balaban J connectivity index is 1.67. The number of nitrogens with zero attached hydrogens (tertiary/aromatic N) is 2. The average Bonchev–Trinajstić information content (AvgIpc) is 2.77. The Labute approximate surface area is 178 Å². The van der Waals surface area contributed by atoms with Gasteiger partial charge in [-0.1, -0.05) is 103 Å². The summed E-state index contributed by atoms with van der Waals surface area (Å²) in [4.78, 5) is 0. The molecule has 0 aliphatic carbocycles. The van der Waals surface area contributed by atoms with Gasteiger partial charge < -0.3 is 4.74 Å². The molecule has 1 unspecified atom stereocenters. The molecular weight excluding hydrogens is 356 g/mol. The van der Waals surface area contributed by atoms with Crippen LogP contribution in [0.1, 0.15) is 90.5 Å². The number of hydrogen-bond acceptors (Lipinski definition) is 3. The summed E-state index contributed by atoms with van der Waals surface area (Å²) in [5.41, 5.74) is 3.43. The van der Waals surface area contributed by atoms with Gasteiger partial charge in [0.1, 0.15) is 0 Å². The molecule has 1 heterocycles. The summed E-state index contributed by atoms with van der Waals surface area (Å²) in [6.07, 6.45) is 14.7. The lowest BCUT2D eigenvalue weighted by Gasteiger charge is -2.10. The predicted octanol–water partition coefficient (Wildman–Crippen LogP) is 7.64. The number of hydrogen-bond donors (Lipinski definition) is 0. The summed E-state index contributed by atoms with van der Waals surface area (Å²) in [5, 5.41) is 8.54. The highest BCUT2D eigenvalue weighted by Gasteiger charge is 2.05. The van der Waals surface area contributed by atoms with Gasteiger partial charge in [-0.25, -0.2) is 0 Å². The van der Waals surface area contributed by atoms with Gasteiger partial charge in [-0.05, 0) is 30.4 Å². The fourth-order valence-corrected chi connectivity index (χ4v) is 3.38. The fourth-order valence-electron chi connectivity index (χ4n) is 3.38. The molecule has 0 saturated heterocycles. The number of unbranched alkanes of at least 4 members (excludes halogenated alkanes) is 8. The summed E-state index contributed by atoms with van der Waals surface area (Å²) in [6, 6.07) is 12.7. The molecule has 0 N–H and O–H groups in total. The van der Waals surface area contributed by atoms with Crippen molar-refractivity contribution in [1.29, 1.82) is 0 Å². The quantitative estimate of drug-likeness (QED) is 0.290. The Morgan fingerprint density at radius 3 is 2.00 bits per heavy atom. The van der Waals surface area contributed by atoms with Crippen LogP contribution in [-0.2, 0) is 6.42 Å². The smallest absolute Gasteiger partial charge is 0.233 e. The van der Waals surface area contributed by atoms with Crippen LogP contribution in [0.15, 0.2) is 36.4 Å².